The van der Waals surface area contributed by atoms with Crippen molar-refractivity contribution >= 4 is 16.8 Å². The smallest absolute Gasteiger partial charge is 0.253 e. The molecule has 1 atom stereocenters. The minimum atomic E-state index is -0.0520. The first-order valence-corrected chi connectivity index (χ1v) is 11.4. The maximum Gasteiger partial charge on any atom is 0.253 e. The number of nitrogens with one attached hydrogen (secondary N) is 3. The van der Waals surface area contributed by atoms with E-state index in [2.05, 4.69) is 65.0 Å². The molecule has 0 radical (unpaired) electrons. The van der Waals surface area contributed by atoms with E-state index in [1.165, 1.54) is 5.56 Å². The highest BCUT2D eigenvalue weighted by Gasteiger charge is 2.20. The Morgan fingerprint density at radius 3 is 2.39 bits per heavy atom. The van der Waals surface area contributed by atoms with Crippen molar-refractivity contribution in [1.82, 2.24) is 15.6 Å². The summed E-state index contributed by atoms with van der Waals surface area (Å²) in [6, 6.07) is 22.6. The monoisotopic (exact) mass is 434 g/mol. The maximum atomic E-state index is 13.1. The summed E-state index contributed by atoms with van der Waals surface area (Å²) in [7, 11) is 0. The predicted octanol–water partition coefficient (Wildman–Crippen LogP) is 5.16. The van der Waals surface area contributed by atoms with Gasteiger partial charge in [-0.3, -0.25) is 4.79 Å². The third-order valence-corrected chi connectivity index (χ3v) is 6.38. The number of H-pyrrole nitrogens is 1. The number of aromatic nitrogens is 1. The zero-order valence-corrected chi connectivity index (χ0v) is 18.6. The Balaban J connectivity index is 1.61. The standard InChI is InChI=1S/C28H26N4O/c1-18-4-8-20(9-5-18)24-14-27-25(13-23(24)21-10-6-19(15-29)7-11-21)26(17-31-27)28(33)32-22-3-2-12-30-16-22/h4-11,13-14,17,22,30-31H,2-3,12,16H2,1H3,(H,32,33). The van der Waals surface area contributed by atoms with Crippen molar-refractivity contribution in [3.63, 3.8) is 0 Å². The van der Waals surface area contributed by atoms with Crippen LogP contribution in [0.4, 0.5) is 0 Å². The number of hydrogen-bond donors (Lipinski definition) is 3. The van der Waals surface area contributed by atoms with Crippen LogP contribution in [-0.4, -0.2) is 30.0 Å². The van der Waals surface area contributed by atoms with Gasteiger partial charge in [-0.15, -0.1) is 0 Å². The number of aryl methyl sites for hydroxylation is 1. The molecule has 5 heteroatoms. The highest BCUT2D eigenvalue weighted by molar-refractivity contribution is 6.09. The van der Waals surface area contributed by atoms with E-state index in [1.54, 1.807) is 6.20 Å². The number of amides is 1. The lowest BCUT2D eigenvalue weighted by molar-refractivity contribution is 0.0932. The molecule has 1 unspecified atom stereocenters. The molecule has 1 saturated heterocycles. The highest BCUT2D eigenvalue weighted by atomic mass is 16.1. The van der Waals surface area contributed by atoms with Crippen molar-refractivity contribution in [3.05, 3.63) is 83.6 Å². The fraction of sp³-hybridized carbons (Fsp3) is 0.214. The molecule has 164 valence electrons. The van der Waals surface area contributed by atoms with Crippen LogP contribution in [0.2, 0.25) is 0 Å². The van der Waals surface area contributed by atoms with E-state index in [9.17, 15) is 10.1 Å². The van der Waals surface area contributed by atoms with Gasteiger partial charge in [-0.1, -0.05) is 42.0 Å². The number of piperidine rings is 1. The van der Waals surface area contributed by atoms with Crippen LogP contribution in [0, 0.1) is 18.3 Å². The average Bonchev–Trinajstić information content (AvgIpc) is 3.28. The summed E-state index contributed by atoms with van der Waals surface area (Å²) < 4.78 is 0. The summed E-state index contributed by atoms with van der Waals surface area (Å²) in [6.45, 7) is 3.89. The summed E-state index contributed by atoms with van der Waals surface area (Å²) in [6.07, 6.45) is 3.87. The first-order valence-electron chi connectivity index (χ1n) is 11.4. The van der Waals surface area contributed by atoms with E-state index in [4.69, 9.17) is 0 Å². The Bertz CT molecular complexity index is 1340. The fourth-order valence-electron chi connectivity index (χ4n) is 4.53. The van der Waals surface area contributed by atoms with Crippen LogP contribution in [0.5, 0.6) is 0 Å². The number of aromatic amines is 1. The van der Waals surface area contributed by atoms with Gasteiger partial charge in [0.05, 0.1) is 17.2 Å². The first-order chi connectivity index (χ1) is 16.1. The number of rotatable bonds is 4. The molecule has 1 fully saturated rings. The van der Waals surface area contributed by atoms with Crippen LogP contribution in [0.1, 0.15) is 34.3 Å². The third-order valence-electron chi connectivity index (χ3n) is 6.38. The molecule has 0 spiro atoms. The van der Waals surface area contributed by atoms with E-state index in [0.29, 0.717) is 11.1 Å². The topological polar surface area (TPSA) is 80.7 Å². The molecule has 0 bridgehead atoms. The summed E-state index contributed by atoms with van der Waals surface area (Å²) in [4.78, 5) is 16.4. The van der Waals surface area contributed by atoms with Crippen LogP contribution in [0.15, 0.2) is 66.9 Å². The zero-order valence-electron chi connectivity index (χ0n) is 18.6. The van der Waals surface area contributed by atoms with Gasteiger partial charge in [-0.25, -0.2) is 0 Å². The van der Waals surface area contributed by atoms with Gasteiger partial charge < -0.3 is 15.6 Å². The van der Waals surface area contributed by atoms with Crippen molar-refractivity contribution in [2.24, 2.45) is 0 Å². The van der Waals surface area contributed by atoms with Crippen molar-refractivity contribution in [2.75, 3.05) is 13.1 Å². The van der Waals surface area contributed by atoms with Gasteiger partial charge in [0.25, 0.3) is 5.91 Å². The number of benzene rings is 3. The Kier molecular flexibility index (Phi) is 5.68. The average molecular weight is 435 g/mol. The molecule has 5 rings (SSSR count). The SMILES string of the molecule is Cc1ccc(-c2cc3[nH]cc(C(=O)NC4CCCNC4)c3cc2-c2ccc(C#N)cc2)cc1. The van der Waals surface area contributed by atoms with Gasteiger partial charge in [0.2, 0.25) is 0 Å². The first kappa shape index (κ1) is 21.0. The number of nitriles is 1. The summed E-state index contributed by atoms with van der Waals surface area (Å²) in [5.41, 5.74) is 7.64. The molecule has 2 heterocycles. The number of fused-ring (bicyclic) bond motifs is 1. The summed E-state index contributed by atoms with van der Waals surface area (Å²) in [5, 5.41) is 16.6. The van der Waals surface area contributed by atoms with Gasteiger partial charge in [-0.05, 0) is 72.8 Å². The van der Waals surface area contributed by atoms with E-state index in [1.807, 2.05) is 24.3 Å². The van der Waals surface area contributed by atoms with Gasteiger partial charge in [0, 0.05) is 29.7 Å². The van der Waals surface area contributed by atoms with Crippen LogP contribution in [0.3, 0.4) is 0 Å². The van der Waals surface area contributed by atoms with Gasteiger partial charge >= 0.3 is 0 Å². The molecule has 5 nitrogen and oxygen atoms in total. The lowest BCUT2D eigenvalue weighted by Crippen LogP contribution is -2.45. The Morgan fingerprint density at radius 1 is 1.03 bits per heavy atom. The molecule has 3 N–H and O–H groups in total. The zero-order chi connectivity index (χ0) is 22.8. The lowest BCUT2D eigenvalue weighted by Gasteiger charge is -2.23. The molecular formula is C28H26N4O. The largest absolute Gasteiger partial charge is 0.360 e. The Hall–Kier alpha value is -3.88. The van der Waals surface area contributed by atoms with Crippen molar-refractivity contribution in [3.8, 4) is 28.3 Å². The molecule has 33 heavy (non-hydrogen) atoms. The fourth-order valence-corrected chi connectivity index (χ4v) is 4.53. The molecular weight excluding hydrogens is 408 g/mol. The van der Waals surface area contributed by atoms with Gasteiger partial charge in [0.1, 0.15) is 0 Å². The second-order valence-corrected chi connectivity index (χ2v) is 8.72. The van der Waals surface area contributed by atoms with Gasteiger partial charge in [-0.2, -0.15) is 5.26 Å². The molecule has 0 aliphatic carbocycles. The Labute approximate surface area is 193 Å². The van der Waals surface area contributed by atoms with E-state index < -0.39 is 0 Å². The quantitative estimate of drug-likeness (QED) is 0.415. The van der Waals surface area contributed by atoms with Crippen molar-refractivity contribution < 1.29 is 4.79 Å². The molecule has 3 aromatic carbocycles. The second kappa shape index (κ2) is 8.93. The molecule has 0 saturated carbocycles. The number of hydrogen-bond acceptors (Lipinski definition) is 3. The van der Waals surface area contributed by atoms with E-state index >= 15 is 0 Å². The van der Waals surface area contributed by atoms with E-state index in [0.717, 1.165) is 59.1 Å². The van der Waals surface area contributed by atoms with E-state index in [-0.39, 0.29) is 11.9 Å². The van der Waals surface area contributed by atoms with Crippen molar-refractivity contribution in [1.29, 1.82) is 5.26 Å². The molecule has 1 aliphatic rings. The molecule has 1 aromatic heterocycles. The Morgan fingerprint density at radius 2 is 1.73 bits per heavy atom. The minimum Gasteiger partial charge on any atom is -0.360 e. The van der Waals surface area contributed by atoms with Crippen LogP contribution in [-0.2, 0) is 0 Å². The number of nitrogens with zero attached hydrogens (tertiary/aromatic N) is 1. The highest BCUT2D eigenvalue weighted by Crippen LogP contribution is 2.37. The second-order valence-electron chi connectivity index (χ2n) is 8.72. The van der Waals surface area contributed by atoms with Gasteiger partial charge in [0.15, 0.2) is 0 Å². The number of carbonyl (C=O) groups excluding carboxylic acids is 1. The number of carbonyl (C=O) groups is 1. The summed E-state index contributed by atoms with van der Waals surface area (Å²) >= 11 is 0. The molecule has 4 aromatic rings. The summed E-state index contributed by atoms with van der Waals surface area (Å²) in [5.74, 6) is -0.0520. The molecule has 1 amide bonds. The third kappa shape index (κ3) is 4.26. The van der Waals surface area contributed by atoms with Crippen LogP contribution < -0.4 is 10.6 Å². The normalized spacial score (nSPS) is 15.8. The van der Waals surface area contributed by atoms with Crippen LogP contribution in [0.25, 0.3) is 33.2 Å². The predicted molar refractivity (Wildman–Crippen MR) is 132 cm³/mol. The minimum absolute atomic E-state index is 0.0520. The van der Waals surface area contributed by atoms with Crippen LogP contribution >= 0.6 is 0 Å². The maximum absolute atomic E-state index is 13.1. The molecule has 1 aliphatic heterocycles. The van der Waals surface area contributed by atoms with Crippen molar-refractivity contribution in [2.45, 2.75) is 25.8 Å². The lowest BCUT2D eigenvalue weighted by atomic mass is 9.91.